The van der Waals surface area contributed by atoms with Gasteiger partial charge in [-0.3, -0.25) is 4.99 Å². The average molecular weight is 425 g/mol. The number of halogens is 2. The van der Waals surface area contributed by atoms with Crippen LogP contribution in [-0.2, 0) is 4.74 Å². The molecule has 0 spiro atoms. The average Bonchev–Trinajstić information content (AvgIpc) is 2.50. The first-order valence-electron chi connectivity index (χ1n) is 7.08. The summed E-state index contributed by atoms with van der Waals surface area (Å²) in [6.07, 6.45) is 1.88. The van der Waals surface area contributed by atoms with Crippen LogP contribution >= 0.6 is 24.0 Å². The Balaban J connectivity index is 0.00000441. The van der Waals surface area contributed by atoms with Crippen molar-refractivity contribution in [2.45, 2.75) is 12.8 Å². The van der Waals surface area contributed by atoms with E-state index in [9.17, 15) is 4.39 Å². The minimum absolute atomic E-state index is 0. The van der Waals surface area contributed by atoms with Crippen LogP contribution in [0.15, 0.2) is 29.3 Å². The molecule has 0 heterocycles. The summed E-state index contributed by atoms with van der Waals surface area (Å²) in [7, 11) is 3.40. The number of methoxy groups -OCH3 is 1. The summed E-state index contributed by atoms with van der Waals surface area (Å²) in [5.74, 6) is 1.21. The van der Waals surface area contributed by atoms with E-state index in [2.05, 4.69) is 15.6 Å². The Hall–Kier alpha value is -1.09. The molecule has 1 aromatic carbocycles. The molecule has 0 aliphatic heterocycles. The first-order chi connectivity index (χ1) is 10.3. The first kappa shape index (κ1) is 20.9. The highest BCUT2D eigenvalue weighted by Crippen LogP contribution is 2.11. The lowest BCUT2D eigenvalue weighted by molar-refractivity contribution is 0.203. The molecule has 0 unspecified atom stereocenters. The molecular weight excluding hydrogens is 400 g/mol. The molecule has 0 saturated carbocycles. The molecule has 126 valence electrons. The van der Waals surface area contributed by atoms with Crippen molar-refractivity contribution in [1.29, 1.82) is 0 Å². The van der Waals surface area contributed by atoms with Gasteiger partial charge in [-0.15, -0.1) is 24.0 Å². The van der Waals surface area contributed by atoms with Crippen LogP contribution in [0.5, 0.6) is 5.75 Å². The van der Waals surface area contributed by atoms with Crippen LogP contribution in [-0.4, -0.2) is 46.4 Å². The van der Waals surface area contributed by atoms with Crippen LogP contribution in [0.1, 0.15) is 12.8 Å². The molecule has 22 heavy (non-hydrogen) atoms. The summed E-state index contributed by atoms with van der Waals surface area (Å²) in [6, 6.07) is 6.06. The fourth-order valence-corrected chi connectivity index (χ4v) is 1.65. The zero-order valence-corrected chi connectivity index (χ0v) is 15.4. The number of aliphatic imine (C=N–C) groups is 1. The highest BCUT2D eigenvalue weighted by atomic mass is 127. The van der Waals surface area contributed by atoms with Gasteiger partial charge in [0.2, 0.25) is 0 Å². The third kappa shape index (κ3) is 9.78. The molecule has 0 radical (unpaired) electrons. The van der Waals surface area contributed by atoms with Crippen molar-refractivity contribution in [1.82, 2.24) is 10.6 Å². The number of nitrogens with zero attached hydrogens (tertiary/aromatic N) is 1. The summed E-state index contributed by atoms with van der Waals surface area (Å²) in [4.78, 5) is 4.11. The molecular formula is C15H25FIN3O2. The first-order valence-corrected chi connectivity index (χ1v) is 7.08. The molecule has 0 saturated heterocycles. The van der Waals surface area contributed by atoms with Gasteiger partial charge < -0.3 is 20.1 Å². The lowest BCUT2D eigenvalue weighted by Gasteiger charge is -2.11. The lowest BCUT2D eigenvalue weighted by Crippen LogP contribution is -2.39. The Labute approximate surface area is 148 Å². The smallest absolute Gasteiger partial charge is 0.191 e. The predicted molar refractivity (Wildman–Crippen MR) is 97.8 cm³/mol. The minimum atomic E-state index is -0.251. The molecule has 0 aliphatic carbocycles. The van der Waals surface area contributed by atoms with E-state index in [0.29, 0.717) is 19.0 Å². The Morgan fingerprint density at radius 1 is 1.09 bits per heavy atom. The molecule has 0 aromatic heterocycles. The third-order valence-electron chi connectivity index (χ3n) is 2.77. The Kier molecular flexibility index (Phi) is 12.9. The van der Waals surface area contributed by atoms with Crippen molar-refractivity contribution in [2.24, 2.45) is 4.99 Å². The molecule has 0 fully saturated rings. The van der Waals surface area contributed by atoms with Crippen molar-refractivity contribution >= 4 is 29.9 Å². The number of hydrogen-bond acceptors (Lipinski definition) is 3. The second kappa shape index (κ2) is 13.6. The van der Waals surface area contributed by atoms with Crippen LogP contribution < -0.4 is 15.4 Å². The maximum absolute atomic E-state index is 12.7. The summed E-state index contributed by atoms with van der Waals surface area (Å²) in [6.45, 7) is 2.80. The monoisotopic (exact) mass is 425 g/mol. The van der Waals surface area contributed by atoms with Crippen LogP contribution in [0.3, 0.4) is 0 Å². The molecule has 5 nitrogen and oxygen atoms in total. The van der Waals surface area contributed by atoms with Crippen molar-refractivity contribution in [3.63, 3.8) is 0 Å². The van der Waals surface area contributed by atoms with Crippen LogP contribution in [0.2, 0.25) is 0 Å². The predicted octanol–water partition coefficient (Wildman–Crippen LogP) is 2.41. The van der Waals surface area contributed by atoms with E-state index in [0.717, 1.165) is 31.9 Å². The van der Waals surface area contributed by atoms with Crippen molar-refractivity contribution in [2.75, 3.05) is 40.5 Å². The highest BCUT2D eigenvalue weighted by Gasteiger charge is 1.97. The molecule has 0 bridgehead atoms. The molecule has 0 atom stereocenters. The lowest BCUT2D eigenvalue weighted by atomic mass is 10.3. The third-order valence-corrected chi connectivity index (χ3v) is 2.77. The van der Waals surface area contributed by atoms with E-state index in [1.807, 2.05) is 0 Å². The normalized spacial score (nSPS) is 10.8. The summed E-state index contributed by atoms with van der Waals surface area (Å²) in [5, 5.41) is 6.35. The van der Waals surface area contributed by atoms with E-state index in [4.69, 9.17) is 9.47 Å². The van der Waals surface area contributed by atoms with Crippen LogP contribution in [0.25, 0.3) is 0 Å². The van der Waals surface area contributed by atoms with Crippen molar-refractivity contribution in [3.8, 4) is 5.75 Å². The largest absolute Gasteiger partial charge is 0.494 e. The summed E-state index contributed by atoms with van der Waals surface area (Å²) < 4.78 is 23.2. The van der Waals surface area contributed by atoms with E-state index in [1.165, 1.54) is 12.1 Å². The zero-order chi connectivity index (χ0) is 15.3. The number of unbranched alkanes of at least 4 members (excludes halogenated alkanes) is 1. The summed E-state index contributed by atoms with van der Waals surface area (Å²) in [5.41, 5.74) is 0. The van der Waals surface area contributed by atoms with Gasteiger partial charge in [-0.1, -0.05) is 0 Å². The van der Waals surface area contributed by atoms with Gasteiger partial charge >= 0.3 is 0 Å². The van der Waals surface area contributed by atoms with Crippen molar-refractivity contribution < 1.29 is 13.9 Å². The van der Waals surface area contributed by atoms with Gasteiger partial charge in [0.25, 0.3) is 0 Å². The Morgan fingerprint density at radius 3 is 2.41 bits per heavy atom. The maximum Gasteiger partial charge on any atom is 0.191 e. The molecule has 1 rings (SSSR count). The van der Waals surface area contributed by atoms with Gasteiger partial charge in [-0.2, -0.15) is 0 Å². The van der Waals surface area contributed by atoms with Gasteiger partial charge in [-0.05, 0) is 37.1 Å². The number of rotatable bonds is 9. The van der Waals surface area contributed by atoms with E-state index in [1.54, 1.807) is 26.3 Å². The number of nitrogens with one attached hydrogen (secondary N) is 2. The topological polar surface area (TPSA) is 54.9 Å². The van der Waals surface area contributed by atoms with Crippen LogP contribution in [0, 0.1) is 5.82 Å². The van der Waals surface area contributed by atoms with Crippen LogP contribution in [0.4, 0.5) is 4.39 Å². The molecule has 0 amide bonds. The maximum atomic E-state index is 12.7. The van der Waals surface area contributed by atoms with E-state index < -0.39 is 0 Å². The molecule has 1 aromatic rings. The van der Waals surface area contributed by atoms with Gasteiger partial charge in [0.1, 0.15) is 11.6 Å². The number of ether oxygens (including phenoxy) is 2. The highest BCUT2D eigenvalue weighted by molar-refractivity contribution is 14.0. The standard InChI is InChI=1S/C15H24FN3O2.HI/c1-17-15(19-10-12-20-2)18-9-3-4-11-21-14-7-5-13(16)6-8-14;/h5-8H,3-4,9-12H2,1-2H3,(H2,17,18,19);1H. The molecule has 0 aliphatic rings. The number of benzene rings is 1. The fourth-order valence-electron chi connectivity index (χ4n) is 1.65. The van der Waals surface area contributed by atoms with E-state index in [-0.39, 0.29) is 29.8 Å². The van der Waals surface area contributed by atoms with Gasteiger partial charge in [0, 0.05) is 27.2 Å². The Bertz CT molecular complexity index is 416. The number of guanidine groups is 1. The van der Waals surface area contributed by atoms with Gasteiger partial charge in [0.05, 0.1) is 13.2 Å². The molecule has 7 heteroatoms. The zero-order valence-electron chi connectivity index (χ0n) is 13.1. The molecule has 2 N–H and O–H groups in total. The quantitative estimate of drug-likeness (QED) is 0.276. The van der Waals surface area contributed by atoms with Crippen molar-refractivity contribution in [3.05, 3.63) is 30.1 Å². The minimum Gasteiger partial charge on any atom is -0.494 e. The SMILES string of the molecule is CN=C(NCCCCOc1ccc(F)cc1)NCCOC.I. The number of hydrogen-bond donors (Lipinski definition) is 2. The fraction of sp³-hybridized carbons (Fsp3) is 0.533. The Morgan fingerprint density at radius 2 is 1.77 bits per heavy atom. The second-order valence-corrected chi connectivity index (χ2v) is 4.43. The van der Waals surface area contributed by atoms with Gasteiger partial charge in [-0.25, -0.2) is 4.39 Å². The van der Waals surface area contributed by atoms with Gasteiger partial charge in [0.15, 0.2) is 5.96 Å². The summed E-state index contributed by atoms with van der Waals surface area (Å²) >= 11 is 0. The second-order valence-electron chi connectivity index (χ2n) is 4.43. The van der Waals surface area contributed by atoms with E-state index >= 15 is 0 Å².